The topological polar surface area (TPSA) is 97.5 Å². The zero-order valence-electron chi connectivity index (χ0n) is 6.68. The first kappa shape index (κ1) is 11.6. The van der Waals surface area contributed by atoms with Crippen molar-refractivity contribution in [3.8, 4) is 0 Å². The minimum Gasteiger partial charge on any atom is -0.479 e. The second-order valence-corrected chi connectivity index (χ2v) is 7.12. The molecule has 1 rings (SSSR count). The number of sulfone groups is 1. The Morgan fingerprint density at radius 3 is 2.50 bits per heavy atom. The summed E-state index contributed by atoms with van der Waals surface area (Å²) in [6.07, 6.45) is 0. The summed E-state index contributed by atoms with van der Waals surface area (Å²) in [6.45, 7) is 0. The largest absolute Gasteiger partial charge is 0.479 e. The molecule has 1 aromatic heterocycles. The number of aliphatic carboxylic acids is 1. The SMILES string of the molecule is NC(C(=O)O)S(=O)(=O)c1ccc(Br)s1. The summed E-state index contributed by atoms with van der Waals surface area (Å²) in [5.41, 5.74) is 5.04. The molecule has 1 atom stereocenters. The lowest BCUT2D eigenvalue weighted by molar-refractivity contribution is -0.136. The van der Waals surface area contributed by atoms with Crippen LogP contribution in [-0.2, 0) is 14.6 Å². The van der Waals surface area contributed by atoms with E-state index in [1.54, 1.807) is 0 Å². The summed E-state index contributed by atoms with van der Waals surface area (Å²) in [4.78, 5) is 10.4. The number of hydrogen-bond donors (Lipinski definition) is 2. The molecular formula is C6H6BrNO4S2. The molecule has 78 valence electrons. The molecule has 0 radical (unpaired) electrons. The maximum atomic E-state index is 11.5. The van der Waals surface area contributed by atoms with E-state index in [0.29, 0.717) is 3.79 Å². The normalized spacial score (nSPS) is 13.9. The van der Waals surface area contributed by atoms with Crippen LogP contribution >= 0.6 is 27.3 Å². The van der Waals surface area contributed by atoms with Crippen molar-refractivity contribution in [2.75, 3.05) is 0 Å². The lowest BCUT2D eigenvalue weighted by atomic mass is 10.7. The van der Waals surface area contributed by atoms with Gasteiger partial charge in [-0.05, 0) is 28.1 Å². The van der Waals surface area contributed by atoms with E-state index in [9.17, 15) is 13.2 Å². The summed E-state index contributed by atoms with van der Waals surface area (Å²) in [5, 5.41) is 6.57. The van der Waals surface area contributed by atoms with Crippen molar-refractivity contribution >= 4 is 43.1 Å². The van der Waals surface area contributed by atoms with E-state index < -0.39 is 21.2 Å². The van der Waals surface area contributed by atoms with Crippen LogP contribution in [0.3, 0.4) is 0 Å². The number of nitrogens with two attached hydrogens (primary N) is 1. The van der Waals surface area contributed by atoms with E-state index in [0.717, 1.165) is 11.3 Å². The van der Waals surface area contributed by atoms with Gasteiger partial charge in [0, 0.05) is 0 Å². The van der Waals surface area contributed by atoms with Crippen LogP contribution in [0, 0.1) is 0 Å². The second kappa shape index (κ2) is 3.97. The van der Waals surface area contributed by atoms with Gasteiger partial charge in [-0.2, -0.15) is 0 Å². The van der Waals surface area contributed by atoms with E-state index in [4.69, 9.17) is 10.8 Å². The zero-order valence-corrected chi connectivity index (χ0v) is 9.89. The van der Waals surface area contributed by atoms with Gasteiger partial charge >= 0.3 is 5.97 Å². The summed E-state index contributed by atoms with van der Waals surface area (Å²) < 4.78 is 23.5. The van der Waals surface area contributed by atoms with Gasteiger partial charge in [0.15, 0.2) is 0 Å². The van der Waals surface area contributed by atoms with Crippen LogP contribution in [0.5, 0.6) is 0 Å². The van der Waals surface area contributed by atoms with Crippen LogP contribution in [0.4, 0.5) is 0 Å². The van der Waals surface area contributed by atoms with E-state index in [1.165, 1.54) is 12.1 Å². The van der Waals surface area contributed by atoms with Crippen molar-refractivity contribution < 1.29 is 18.3 Å². The summed E-state index contributed by atoms with van der Waals surface area (Å²) in [7, 11) is -3.95. The Kier molecular flexibility index (Phi) is 3.30. The van der Waals surface area contributed by atoms with Crippen LogP contribution in [0.2, 0.25) is 0 Å². The molecule has 0 bridgehead atoms. The van der Waals surface area contributed by atoms with Crippen molar-refractivity contribution in [2.24, 2.45) is 5.73 Å². The Balaban J connectivity index is 3.15. The fraction of sp³-hybridized carbons (Fsp3) is 0.167. The van der Waals surface area contributed by atoms with Gasteiger partial charge in [0.2, 0.25) is 15.2 Å². The van der Waals surface area contributed by atoms with Gasteiger partial charge in [-0.3, -0.25) is 0 Å². The number of rotatable bonds is 3. The van der Waals surface area contributed by atoms with Crippen LogP contribution in [-0.4, -0.2) is 24.9 Å². The molecule has 0 amide bonds. The van der Waals surface area contributed by atoms with Gasteiger partial charge in [0.05, 0.1) is 3.79 Å². The fourth-order valence-electron chi connectivity index (χ4n) is 0.708. The standard InChI is InChI=1S/C6H6BrNO4S2/c7-3-1-2-4(13-3)14(11,12)5(8)6(9)10/h1-2,5H,8H2,(H,9,10). The third-order valence-corrected chi connectivity index (χ3v) is 5.34. The maximum Gasteiger partial charge on any atom is 0.336 e. The first-order valence-corrected chi connectivity index (χ1v) is 6.49. The average Bonchev–Trinajstić information content (AvgIpc) is 2.50. The number of halogens is 1. The molecule has 1 heterocycles. The van der Waals surface area contributed by atoms with Crippen molar-refractivity contribution in [2.45, 2.75) is 9.58 Å². The van der Waals surface area contributed by atoms with Gasteiger partial charge in [-0.1, -0.05) is 0 Å². The van der Waals surface area contributed by atoms with Crippen molar-refractivity contribution in [1.82, 2.24) is 0 Å². The van der Waals surface area contributed by atoms with Crippen molar-refractivity contribution in [3.05, 3.63) is 15.9 Å². The zero-order chi connectivity index (χ0) is 10.9. The van der Waals surface area contributed by atoms with E-state index >= 15 is 0 Å². The highest BCUT2D eigenvalue weighted by molar-refractivity contribution is 9.11. The number of carboxylic acids is 1. The number of thiophene rings is 1. The predicted octanol–water partition coefficient (Wildman–Crippen LogP) is 0.654. The van der Waals surface area contributed by atoms with Gasteiger partial charge in [-0.25, -0.2) is 13.2 Å². The van der Waals surface area contributed by atoms with Crippen molar-refractivity contribution in [3.63, 3.8) is 0 Å². The minimum atomic E-state index is -3.95. The van der Waals surface area contributed by atoms with Crippen LogP contribution < -0.4 is 5.73 Å². The summed E-state index contributed by atoms with van der Waals surface area (Å²) >= 11 is 4.00. The fourth-order valence-corrected chi connectivity index (χ4v) is 3.97. The maximum absolute atomic E-state index is 11.5. The molecule has 0 saturated carbocycles. The Labute approximate surface area is 92.6 Å². The number of carbonyl (C=O) groups is 1. The second-order valence-electron chi connectivity index (χ2n) is 2.36. The monoisotopic (exact) mass is 299 g/mol. The summed E-state index contributed by atoms with van der Waals surface area (Å²) in [5.74, 6) is -1.56. The molecule has 5 nitrogen and oxygen atoms in total. The molecule has 0 spiro atoms. The number of hydrogen-bond acceptors (Lipinski definition) is 5. The van der Waals surface area contributed by atoms with E-state index in [-0.39, 0.29) is 4.21 Å². The lowest BCUT2D eigenvalue weighted by Crippen LogP contribution is -2.38. The quantitative estimate of drug-likeness (QED) is 0.854. The third kappa shape index (κ3) is 2.14. The van der Waals surface area contributed by atoms with E-state index in [1.807, 2.05) is 0 Å². The lowest BCUT2D eigenvalue weighted by Gasteiger charge is -2.05. The molecule has 3 N–H and O–H groups in total. The van der Waals surface area contributed by atoms with Gasteiger partial charge in [-0.15, -0.1) is 11.3 Å². The smallest absolute Gasteiger partial charge is 0.336 e. The molecular weight excluding hydrogens is 294 g/mol. The molecule has 1 unspecified atom stereocenters. The highest BCUT2D eigenvalue weighted by atomic mass is 79.9. The molecule has 0 aliphatic carbocycles. The van der Waals surface area contributed by atoms with Crippen molar-refractivity contribution in [1.29, 1.82) is 0 Å². The van der Waals surface area contributed by atoms with Crippen LogP contribution in [0.15, 0.2) is 20.1 Å². The molecule has 0 aliphatic heterocycles. The molecule has 14 heavy (non-hydrogen) atoms. The van der Waals surface area contributed by atoms with Gasteiger partial charge in [0.25, 0.3) is 0 Å². The Hall–Kier alpha value is -0.440. The molecule has 0 fully saturated rings. The number of carboxylic acid groups (broad SMARTS) is 1. The predicted molar refractivity (Wildman–Crippen MR) is 54.8 cm³/mol. The first-order valence-electron chi connectivity index (χ1n) is 3.33. The summed E-state index contributed by atoms with van der Waals surface area (Å²) in [6, 6.07) is 2.83. The first-order chi connectivity index (χ1) is 6.35. The third-order valence-electron chi connectivity index (χ3n) is 1.41. The molecule has 0 aromatic carbocycles. The van der Waals surface area contributed by atoms with Crippen LogP contribution in [0.1, 0.15) is 0 Å². The van der Waals surface area contributed by atoms with Gasteiger partial charge in [0.1, 0.15) is 4.21 Å². The Bertz CT molecular complexity index is 452. The minimum absolute atomic E-state index is 0.0562. The molecule has 0 aliphatic rings. The Morgan fingerprint density at radius 2 is 2.14 bits per heavy atom. The molecule has 1 aromatic rings. The molecule has 0 saturated heterocycles. The highest BCUT2D eigenvalue weighted by Gasteiger charge is 2.31. The average molecular weight is 300 g/mol. The molecule has 8 heteroatoms. The highest BCUT2D eigenvalue weighted by Crippen LogP contribution is 2.27. The van der Waals surface area contributed by atoms with Crippen LogP contribution in [0.25, 0.3) is 0 Å². The Morgan fingerprint density at radius 1 is 1.57 bits per heavy atom. The van der Waals surface area contributed by atoms with Gasteiger partial charge < -0.3 is 10.8 Å². The van der Waals surface area contributed by atoms with E-state index in [2.05, 4.69) is 15.9 Å².